The van der Waals surface area contributed by atoms with Crippen molar-refractivity contribution in [3.8, 4) is 5.75 Å². The molecule has 1 aromatic carbocycles. The maximum absolute atomic E-state index is 5.57. The van der Waals surface area contributed by atoms with E-state index in [0.29, 0.717) is 6.04 Å². The summed E-state index contributed by atoms with van der Waals surface area (Å²) in [4.78, 5) is 2.61. The predicted octanol–water partition coefficient (Wildman–Crippen LogP) is 3.57. The van der Waals surface area contributed by atoms with E-state index >= 15 is 0 Å². The summed E-state index contributed by atoms with van der Waals surface area (Å²) in [5.74, 6) is 1.02. The maximum Gasteiger partial charge on any atom is 0.123 e. The van der Waals surface area contributed by atoms with Gasteiger partial charge in [0.2, 0.25) is 0 Å². The normalized spacial score (nSPS) is 20.2. The second kappa shape index (κ2) is 8.40. The van der Waals surface area contributed by atoms with Crippen LogP contribution in [0.2, 0.25) is 0 Å². The van der Waals surface area contributed by atoms with E-state index < -0.39 is 0 Å². The smallest absolute Gasteiger partial charge is 0.123 e. The second-order valence-electron chi connectivity index (χ2n) is 6.10. The lowest BCUT2D eigenvalue weighted by molar-refractivity contribution is 0.202. The number of rotatable bonds is 6. The Morgan fingerprint density at radius 1 is 1.29 bits per heavy atom. The van der Waals surface area contributed by atoms with Crippen molar-refractivity contribution in [3.63, 3.8) is 0 Å². The lowest BCUT2D eigenvalue weighted by Crippen LogP contribution is -2.32. The van der Waals surface area contributed by atoms with E-state index in [1.807, 2.05) is 0 Å². The minimum absolute atomic E-state index is 0.676. The van der Waals surface area contributed by atoms with Gasteiger partial charge in [0.15, 0.2) is 0 Å². The fourth-order valence-electron chi connectivity index (χ4n) is 3.12. The topological polar surface area (TPSA) is 24.5 Å². The molecule has 0 aliphatic carbocycles. The van der Waals surface area contributed by atoms with Gasteiger partial charge in [0.1, 0.15) is 5.75 Å². The highest BCUT2D eigenvalue weighted by atomic mass is 16.5. The molecular weight excluding hydrogens is 260 g/mol. The molecule has 0 aromatic heterocycles. The molecule has 1 fully saturated rings. The van der Waals surface area contributed by atoms with Gasteiger partial charge in [-0.2, -0.15) is 0 Å². The summed E-state index contributed by atoms with van der Waals surface area (Å²) in [6, 6.07) is 7.26. The fourth-order valence-corrected chi connectivity index (χ4v) is 3.12. The number of nitrogens with one attached hydrogen (secondary N) is 1. The Balaban J connectivity index is 2.11. The maximum atomic E-state index is 5.57. The van der Waals surface area contributed by atoms with Gasteiger partial charge < -0.3 is 10.1 Å². The van der Waals surface area contributed by atoms with Gasteiger partial charge in [-0.1, -0.05) is 25.8 Å². The van der Waals surface area contributed by atoms with Gasteiger partial charge >= 0.3 is 0 Å². The monoisotopic (exact) mass is 290 g/mol. The first-order valence-corrected chi connectivity index (χ1v) is 8.35. The van der Waals surface area contributed by atoms with Crippen molar-refractivity contribution in [1.82, 2.24) is 10.2 Å². The van der Waals surface area contributed by atoms with Crippen molar-refractivity contribution in [2.45, 2.75) is 58.7 Å². The third kappa shape index (κ3) is 4.72. The standard InChI is InChI=1S/C18H30N2O/c1-4-19-13-16-9-10-18(21-3)17(12-16)14-20-11-7-5-6-8-15(20)2/h9-10,12,15,19H,4-8,11,13-14H2,1-3H3. The van der Waals surface area contributed by atoms with Crippen molar-refractivity contribution in [3.05, 3.63) is 29.3 Å². The minimum Gasteiger partial charge on any atom is -0.496 e. The molecule has 3 nitrogen and oxygen atoms in total. The first kappa shape index (κ1) is 16.3. The van der Waals surface area contributed by atoms with E-state index in [1.54, 1.807) is 7.11 Å². The van der Waals surface area contributed by atoms with Crippen LogP contribution >= 0.6 is 0 Å². The quantitative estimate of drug-likeness (QED) is 0.867. The van der Waals surface area contributed by atoms with Crippen LogP contribution in [-0.2, 0) is 13.1 Å². The number of hydrogen-bond acceptors (Lipinski definition) is 3. The highest BCUT2D eigenvalue weighted by Gasteiger charge is 2.18. The number of benzene rings is 1. The third-order valence-electron chi connectivity index (χ3n) is 4.49. The van der Waals surface area contributed by atoms with Crippen molar-refractivity contribution in [2.24, 2.45) is 0 Å². The molecule has 1 aliphatic heterocycles. The first-order valence-electron chi connectivity index (χ1n) is 8.35. The van der Waals surface area contributed by atoms with Crippen LogP contribution in [0.5, 0.6) is 5.75 Å². The van der Waals surface area contributed by atoms with Crippen LogP contribution in [0, 0.1) is 0 Å². The number of hydrogen-bond donors (Lipinski definition) is 1. The van der Waals surface area contributed by atoms with Gasteiger partial charge in [-0.15, -0.1) is 0 Å². The van der Waals surface area contributed by atoms with E-state index in [-0.39, 0.29) is 0 Å². The van der Waals surface area contributed by atoms with Gasteiger partial charge in [0, 0.05) is 24.7 Å². The Hall–Kier alpha value is -1.06. The van der Waals surface area contributed by atoms with E-state index in [0.717, 1.165) is 25.4 Å². The highest BCUT2D eigenvalue weighted by molar-refractivity contribution is 5.37. The van der Waals surface area contributed by atoms with Gasteiger partial charge in [-0.3, -0.25) is 4.90 Å². The molecule has 21 heavy (non-hydrogen) atoms. The number of methoxy groups -OCH3 is 1. The molecule has 1 unspecified atom stereocenters. The molecule has 0 amide bonds. The van der Waals surface area contributed by atoms with Crippen LogP contribution in [0.1, 0.15) is 50.7 Å². The molecule has 0 radical (unpaired) electrons. The van der Waals surface area contributed by atoms with Crippen molar-refractivity contribution in [2.75, 3.05) is 20.2 Å². The molecule has 1 aromatic rings. The molecule has 2 rings (SSSR count). The molecule has 1 saturated heterocycles. The number of ether oxygens (including phenoxy) is 1. The first-order chi connectivity index (χ1) is 10.2. The van der Waals surface area contributed by atoms with Crippen LogP contribution < -0.4 is 10.1 Å². The Morgan fingerprint density at radius 2 is 2.14 bits per heavy atom. The zero-order valence-electron chi connectivity index (χ0n) is 13.8. The van der Waals surface area contributed by atoms with Crippen LogP contribution in [0.25, 0.3) is 0 Å². The summed E-state index contributed by atoms with van der Waals surface area (Å²) in [6.45, 7) is 8.66. The average Bonchev–Trinajstić information content (AvgIpc) is 2.70. The Bertz CT molecular complexity index is 433. The van der Waals surface area contributed by atoms with E-state index in [2.05, 4.69) is 42.3 Å². The summed E-state index contributed by atoms with van der Waals surface area (Å²) < 4.78 is 5.57. The minimum atomic E-state index is 0.676. The van der Waals surface area contributed by atoms with Crippen LogP contribution in [-0.4, -0.2) is 31.1 Å². The third-order valence-corrected chi connectivity index (χ3v) is 4.49. The van der Waals surface area contributed by atoms with Crippen molar-refractivity contribution < 1.29 is 4.74 Å². The van der Waals surface area contributed by atoms with E-state index in [1.165, 1.54) is 43.4 Å². The lowest BCUT2D eigenvalue weighted by Gasteiger charge is -2.27. The van der Waals surface area contributed by atoms with Crippen molar-refractivity contribution in [1.29, 1.82) is 0 Å². The molecule has 0 spiro atoms. The molecule has 1 atom stereocenters. The van der Waals surface area contributed by atoms with Crippen LogP contribution in [0.15, 0.2) is 18.2 Å². The lowest BCUT2D eigenvalue weighted by atomic mass is 10.1. The summed E-state index contributed by atoms with van der Waals surface area (Å²) in [7, 11) is 1.77. The fraction of sp³-hybridized carbons (Fsp3) is 0.667. The van der Waals surface area contributed by atoms with E-state index in [9.17, 15) is 0 Å². The summed E-state index contributed by atoms with van der Waals surface area (Å²) in [6.07, 6.45) is 5.39. The second-order valence-corrected chi connectivity index (χ2v) is 6.10. The molecule has 0 bridgehead atoms. The Labute approximate surface area is 129 Å². The molecule has 0 saturated carbocycles. The summed E-state index contributed by atoms with van der Waals surface area (Å²) >= 11 is 0. The zero-order chi connectivity index (χ0) is 15.1. The SMILES string of the molecule is CCNCc1ccc(OC)c(CN2CCCCCC2C)c1. The molecule has 118 valence electrons. The van der Waals surface area contributed by atoms with Gasteiger partial charge in [-0.25, -0.2) is 0 Å². The van der Waals surface area contributed by atoms with Gasteiger partial charge in [0.05, 0.1) is 7.11 Å². The largest absolute Gasteiger partial charge is 0.496 e. The summed E-state index contributed by atoms with van der Waals surface area (Å²) in [5, 5.41) is 3.40. The van der Waals surface area contributed by atoms with Crippen LogP contribution in [0.4, 0.5) is 0 Å². The molecule has 3 heteroatoms. The highest BCUT2D eigenvalue weighted by Crippen LogP contribution is 2.25. The Morgan fingerprint density at radius 3 is 2.90 bits per heavy atom. The molecule has 1 heterocycles. The predicted molar refractivity (Wildman–Crippen MR) is 88.7 cm³/mol. The van der Waals surface area contributed by atoms with Crippen LogP contribution in [0.3, 0.4) is 0 Å². The van der Waals surface area contributed by atoms with Gasteiger partial charge in [-0.05, 0) is 50.6 Å². The van der Waals surface area contributed by atoms with Gasteiger partial charge in [0.25, 0.3) is 0 Å². The van der Waals surface area contributed by atoms with Crippen molar-refractivity contribution >= 4 is 0 Å². The zero-order valence-corrected chi connectivity index (χ0v) is 13.8. The number of likely N-dealkylation sites (tertiary alicyclic amines) is 1. The summed E-state index contributed by atoms with van der Waals surface area (Å²) in [5.41, 5.74) is 2.66. The molecular formula is C18H30N2O. The molecule has 1 N–H and O–H groups in total. The average molecular weight is 290 g/mol. The Kier molecular flexibility index (Phi) is 6.52. The van der Waals surface area contributed by atoms with E-state index in [4.69, 9.17) is 4.74 Å². The molecule has 1 aliphatic rings. The number of nitrogens with zero attached hydrogens (tertiary/aromatic N) is 1.